The largest absolute Gasteiger partial charge is 0.411 e. The summed E-state index contributed by atoms with van der Waals surface area (Å²) in [5.74, 6) is 5.40. The summed E-state index contributed by atoms with van der Waals surface area (Å²) in [5, 5.41) is 0. The normalized spacial score (nSPS) is 13.6. The van der Waals surface area contributed by atoms with Crippen LogP contribution in [-0.4, -0.2) is 19.4 Å². The van der Waals surface area contributed by atoms with Gasteiger partial charge in [-0.2, -0.15) is 13.2 Å². The molecule has 0 heterocycles. The molecule has 18 heavy (non-hydrogen) atoms. The van der Waals surface area contributed by atoms with E-state index in [4.69, 9.17) is 5.84 Å². The fraction of sp³-hybridized carbons (Fsp3) is 0.500. The molecule has 1 aromatic carbocycles. The topological polar surface area (TPSA) is 47.3 Å². The smallest absolute Gasteiger partial charge is 0.372 e. The van der Waals surface area contributed by atoms with Crippen molar-refractivity contribution in [3.05, 3.63) is 35.4 Å². The van der Waals surface area contributed by atoms with Crippen LogP contribution >= 0.6 is 0 Å². The van der Waals surface area contributed by atoms with Gasteiger partial charge in [0, 0.05) is 12.6 Å². The summed E-state index contributed by atoms with van der Waals surface area (Å²) in [5.41, 5.74) is 4.59. The van der Waals surface area contributed by atoms with Crippen molar-refractivity contribution in [2.75, 3.05) is 13.2 Å². The summed E-state index contributed by atoms with van der Waals surface area (Å²) < 4.78 is 40.2. The van der Waals surface area contributed by atoms with E-state index < -0.39 is 12.8 Å². The Hall–Kier alpha value is -1.11. The van der Waals surface area contributed by atoms with Crippen molar-refractivity contribution in [1.29, 1.82) is 0 Å². The molecular weight excluding hydrogens is 245 g/mol. The minimum atomic E-state index is -4.28. The Kier molecular flexibility index (Phi) is 5.58. The zero-order valence-electron chi connectivity index (χ0n) is 10.1. The number of hydrogen-bond donors (Lipinski definition) is 2. The number of hydrazine groups is 1. The lowest BCUT2D eigenvalue weighted by atomic mass is 10.0. The number of nitrogens with two attached hydrogens (primary N) is 1. The van der Waals surface area contributed by atoms with Gasteiger partial charge in [-0.1, -0.05) is 29.8 Å². The van der Waals surface area contributed by atoms with E-state index in [-0.39, 0.29) is 12.6 Å². The maximum Gasteiger partial charge on any atom is 0.411 e. The number of aryl methyl sites for hydroxylation is 1. The van der Waals surface area contributed by atoms with Crippen LogP contribution in [0.15, 0.2) is 24.3 Å². The fourth-order valence-corrected chi connectivity index (χ4v) is 1.62. The molecule has 1 aromatic rings. The average Bonchev–Trinajstić information content (AvgIpc) is 2.27. The maximum absolute atomic E-state index is 11.9. The van der Waals surface area contributed by atoms with Crippen molar-refractivity contribution < 1.29 is 17.9 Å². The van der Waals surface area contributed by atoms with Gasteiger partial charge in [0.1, 0.15) is 6.61 Å². The Morgan fingerprint density at radius 2 is 2.11 bits per heavy atom. The van der Waals surface area contributed by atoms with E-state index in [1.165, 1.54) is 0 Å². The van der Waals surface area contributed by atoms with E-state index in [2.05, 4.69) is 10.2 Å². The molecular formula is C12H17F3N2O. The van der Waals surface area contributed by atoms with Crippen molar-refractivity contribution in [3.8, 4) is 0 Å². The van der Waals surface area contributed by atoms with E-state index in [9.17, 15) is 13.2 Å². The van der Waals surface area contributed by atoms with Crippen molar-refractivity contribution >= 4 is 0 Å². The highest BCUT2D eigenvalue weighted by Gasteiger charge is 2.27. The number of hydrogen-bond acceptors (Lipinski definition) is 3. The molecule has 3 N–H and O–H groups in total. The summed E-state index contributed by atoms with van der Waals surface area (Å²) >= 11 is 0. The third-order valence-corrected chi connectivity index (χ3v) is 2.46. The molecule has 1 unspecified atom stereocenters. The van der Waals surface area contributed by atoms with E-state index in [0.717, 1.165) is 11.1 Å². The molecule has 0 aliphatic carbocycles. The van der Waals surface area contributed by atoms with Gasteiger partial charge >= 0.3 is 6.18 Å². The molecule has 102 valence electrons. The van der Waals surface area contributed by atoms with Gasteiger partial charge in [-0.05, 0) is 18.9 Å². The Morgan fingerprint density at radius 3 is 2.67 bits per heavy atom. The van der Waals surface area contributed by atoms with E-state index in [1.807, 2.05) is 31.2 Å². The standard InChI is InChI=1S/C12H17F3N2O/c1-9-3-2-4-10(7-9)11(17-16)5-6-18-8-12(13,14)15/h2-4,7,11,17H,5-6,8,16H2,1H3. The number of rotatable bonds is 6. The van der Waals surface area contributed by atoms with E-state index >= 15 is 0 Å². The zero-order valence-corrected chi connectivity index (χ0v) is 10.1. The molecule has 0 aromatic heterocycles. The highest BCUT2D eigenvalue weighted by atomic mass is 19.4. The second-order valence-corrected chi connectivity index (χ2v) is 4.09. The van der Waals surface area contributed by atoms with E-state index in [0.29, 0.717) is 6.42 Å². The first kappa shape index (κ1) is 14.9. The number of alkyl halides is 3. The second kappa shape index (κ2) is 6.72. The highest BCUT2D eigenvalue weighted by Crippen LogP contribution is 2.18. The zero-order chi connectivity index (χ0) is 13.6. The van der Waals surface area contributed by atoms with Crippen LogP contribution in [0.4, 0.5) is 13.2 Å². The van der Waals surface area contributed by atoms with Gasteiger partial charge in [0.25, 0.3) is 0 Å². The third kappa shape index (κ3) is 5.48. The Bertz CT molecular complexity index is 369. The van der Waals surface area contributed by atoms with Crippen LogP contribution in [-0.2, 0) is 4.74 Å². The van der Waals surface area contributed by atoms with Crippen LogP contribution in [0.2, 0.25) is 0 Å². The summed E-state index contributed by atoms with van der Waals surface area (Å²) in [6.07, 6.45) is -3.90. The van der Waals surface area contributed by atoms with Crippen LogP contribution in [0.3, 0.4) is 0 Å². The molecule has 0 bridgehead atoms. The predicted molar refractivity (Wildman–Crippen MR) is 62.7 cm³/mol. The molecule has 0 aliphatic rings. The Morgan fingerprint density at radius 1 is 1.39 bits per heavy atom. The van der Waals surface area contributed by atoms with Gasteiger partial charge in [0.2, 0.25) is 0 Å². The maximum atomic E-state index is 11.9. The van der Waals surface area contributed by atoms with Crippen LogP contribution in [0.1, 0.15) is 23.6 Å². The van der Waals surface area contributed by atoms with Crippen molar-refractivity contribution in [2.24, 2.45) is 5.84 Å². The first-order valence-corrected chi connectivity index (χ1v) is 5.59. The lowest BCUT2D eigenvalue weighted by molar-refractivity contribution is -0.174. The number of halogens is 3. The Balaban J connectivity index is 2.43. The van der Waals surface area contributed by atoms with Gasteiger partial charge in [0.05, 0.1) is 0 Å². The van der Waals surface area contributed by atoms with Crippen molar-refractivity contribution in [3.63, 3.8) is 0 Å². The molecule has 3 nitrogen and oxygen atoms in total. The fourth-order valence-electron chi connectivity index (χ4n) is 1.62. The molecule has 0 amide bonds. The first-order chi connectivity index (χ1) is 8.42. The molecule has 6 heteroatoms. The van der Waals surface area contributed by atoms with Gasteiger partial charge in [-0.25, -0.2) is 0 Å². The quantitative estimate of drug-likeness (QED) is 0.470. The first-order valence-electron chi connectivity index (χ1n) is 5.59. The Labute approximate surface area is 104 Å². The summed E-state index contributed by atoms with van der Waals surface area (Å²) in [6.45, 7) is 0.720. The summed E-state index contributed by atoms with van der Waals surface area (Å²) in [6, 6.07) is 7.43. The second-order valence-electron chi connectivity index (χ2n) is 4.09. The van der Waals surface area contributed by atoms with Gasteiger partial charge in [-0.3, -0.25) is 11.3 Å². The van der Waals surface area contributed by atoms with Crippen molar-refractivity contribution in [1.82, 2.24) is 5.43 Å². The van der Waals surface area contributed by atoms with Gasteiger partial charge in [-0.15, -0.1) is 0 Å². The van der Waals surface area contributed by atoms with Crippen molar-refractivity contribution in [2.45, 2.75) is 25.6 Å². The predicted octanol–water partition coefficient (Wildman–Crippen LogP) is 2.47. The SMILES string of the molecule is Cc1cccc(C(CCOCC(F)(F)F)NN)c1. The average molecular weight is 262 g/mol. The van der Waals surface area contributed by atoms with Crippen LogP contribution in [0, 0.1) is 6.92 Å². The third-order valence-electron chi connectivity index (χ3n) is 2.46. The summed E-state index contributed by atoms with van der Waals surface area (Å²) in [4.78, 5) is 0. The number of benzene rings is 1. The summed E-state index contributed by atoms with van der Waals surface area (Å²) in [7, 11) is 0. The number of ether oxygens (including phenoxy) is 1. The minimum Gasteiger partial charge on any atom is -0.372 e. The van der Waals surface area contributed by atoms with Gasteiger partial charge < -0.3 is 4.74 Å². The van der Waals surface area contributed by atoms with Crippen LogP contribution in [0.25, 0.3) is 0 Å². The monoisotopic (exact) mass is 262 g/mol. The van der Waals surface area contributed by atoms with Crippen LogP contribution in [0.5, 0.6) is 0 Å². The molecule has 0 aliphatic heterocycles. The molecule has 1 rings (SSSR count). The minimum absolute atomic E-state index is 0.00230. The lowest BCUT2D eigenvalue weighted by Crippen LogP contribution is -2.29. The van der Waals surface area contributed by atoms with Gasteiger partial charge in [0.15, 0.2) is 0 Å². The van der Waals surface area contributed by atoms with Crippen LogP contribution < -0.4 is 11.3 Å². The highest BCUT2D eigenvalue weighted by molar-refractivity contribution is 5.24. The molecule has 0 saturated heterocycles. The molecule has 0 spiro atoms. The van der Waals surface area contributed by atoms with E-state index in [1.54, 1.807) is 0 Å². The molecule has 0 fully saturated rings. The molecule has 0 saturated carbocycles. The molecule has 1 atom stereocenters. The lowest BCUT2D eigenvalue weighted by Gasteiger charge is -2.17. The molecule has 0 radical (unpaired) electrons. The number of nitrogens with one attached hydrogen (secondary N) is 1.